The van der Waals surface area contributed by atoms with Crippen molar-refractivity contribution in [2.24, 2.45) is 11.1 Å². The van der Waals surface area contributed by atoms with Crippen molar-refractivity contribution in [3.63, 3.8) is 0 Å². The molecule has 0 saturated heterocycles. The van der Waals surface area contributed by atoms with E-state index >= 15 is 0 Å². The van der Waals surface area contributed by atoms with E-state index in [0.29, 0.717) is 0 Å². The monoisotopic (exact) mass is 189 g/mol. The number of hydrogen-bond acceptors (Lipinski definition) is 4. The first-order chi connectivity index (χ1) is 5.70. The van der Waals surface area contributed by atoms with Gasteiger partial charge in [0.05, 0.1) is 5.41 Å². The number of hydrogen-bond donors (Lipinski definition) is 3. The maximum absolute atomic E-state index is 10.6. The lowest BCUT2D eigenvalue weighted by molar-refractivity contribution is -0.163. The molecule has 0 fully saturated rings. The van der Waals surface area contributed by atoms with E-state index in [4.69, 9.17) is 15.9 Å². The second-order valence-electron chi connectivity index (χ2n) is 3.22. The molecule has 4 N–H and O–H groups in total. The minimum Gasteiger partial charge on any atom is -0.481 e. The Hall–Kier alpha value is -1.43. The van der Waals surface area contributed by atoms with Crippen LogP contribution in [0.1, 0.15) is 13.8 Å². The van der Waals surface area contributed by atoms with Crippen molar-refractivity contribution in [1.82, 2.24) is 0 Å². The second kappa shape index (κ2) is 3.14. The maximum Gasteiger partial charge on any atom is 0.332 e. The van der Waals surface area contributed by atoms with Gasteiger partial charge in [-0.3, -0.25) is 4.79 Å². The quantitative estimate of drug-likeness (QED) is 0.388. The van der Waals surface area contributed by atoms with Gasteiger partial charge >= 0.3 is 11.9 Å². The largest absolute Gasteiger partial charge is 0.481 e. The molecule has 1 unspecified atom stereocenters. The lowest BCUT2D eigenvalue weighted by Gasteiger charge is -2.31. The van der Waals surface area contributed by atoms with E-state index in [-0.39, 0.29) is 6.29 Å². The summed E-state index contributed by atoms with van der Waals surface area (Å²) in [7, 11) is 0. The average molecular weight is 189 g/mol. The molecule has 74 valence electrons. The Bertz CT molecular complexity index is 260. The van der Waals surface area contributed by atoms with Crippen molar-refractivity contribution in [3.8, 4) is 0 Å². The molecule has 0 aromatic heterocycles. The molecule has 0 aromatic carbocycles. The third kappa shape index (κ3) is 1.52. The van der Waals surface area contributed by atoms with Gasteiger partial charge in [-0.05, 0) is 13.8 Å². The van der Waals surface area contributed by atoms with E-state index in [1.807, 2.05) is 0 Å². The number of carbonyl (C=O) groups is 3. The third-order valence-corrected chi connectivity index (χ3v) is 2.11. The Kier molecular flexibility index (Phi) is 2.79. The van der Waals surface area contributed by atoms with Gasteiger partial charge in [-0.2, -0.15) is 0 Å². The molecule has 0 aliphatic carbocycles. The van der Waals surface area contributed by atoms with Crippen molar-refractivity contribution in [2.45, 2.75) is 19.4 Å². The van der Waals surface area contributed by atoms with Crippen LogP contribution in [0.5, 0.6) is 0 Å². The Balaban J connectivity index is 5.31. The highest BCUT2D eigenvalue weighted by Crippen LogP contribution is 2.27. The average Bonchev–Trinajstić information content (AvgIpc) is 2.01. The molecule has 0 bridgehead atoms. The summed E-state index contributed by atoms with van der Waals surface area (Å²) in [5.41, 5.74) is 0.920. The van der Waals surface area contributed by atoms with Crippen molar-refractivity contribution in [3.05, 3.63) is 0 Å². The van der Waals surface area contributed by atoms with Gasteiger partial charge in [0.15, 0.2) is 11.8 Å². The minimum atomic E-state index is -2.40. The predicted molar refractivity (Wildman–Crippen MR) is 42.0 cm³/mol. The number of aliphatic carboxylic acids is 2. The smallest absolute Gasteiger partial charge is 0.332 e. The molecular formula is C7H11NO5. The van der Waals surface area contributed by atoms with E-state index in [9.17, 15) is 14.4 Å². The molecule has 0 aliphatic heterocycles. The highest BCUT2D eigenvalue weighted by Gasteiger charge is 2.53. The fourth-order valence-corrected chi connectivity index (χ4v) is 0.642. The first-order valence-corrected chi connectivity index (χ1v) is 3.42. The van der Waals surface area contributed by atoms with Crippen LogP contribution in [0.25, 0.3) is 0 Å². The highest BCUT2D eigenvalue weighted by atomic mass is 16.4. The summed E-state index contributed by atoms with van der Waals surface area (Å²) >= 11 is 0. The molecule has 13 heavy (non-hydrogen) atoms. The molecule has 0 saturated carbocycles. The summed E-state index contributed by atoms with van der Waals surface area (Å²) in [4.78, 5) is 31.7. The van der Waals surface area contributed by atoms with Crippen molar-refractivity contribution in [1.29, 1.82) is 0 Å². The van der Waals surface area contributed by atoms with E-state index in [2.05, 4.69) is 0 Å². The molecule has 0 rings (SSSR count). The second-order valence-corrected chi connectivity index (χ2v) is 3.22. The van der Waals surface area contributed by atoms with E-state index < -0.39 is 22.9 Å². The van der Waals surface area contributed by atoms with E-state index in [1.165, 1.54) is 0 Å². The summed E-state index contributed by atoms with van der Waals surface area (Å²) in [6, 6.07) is 0. The van der Waals surface area contributed by atoms with Crippen LogP contribution in [-0.2, 0) is 14.4 Å². The number of rotatable bonds is 4. The summed E-state index contributed by atoms with van der Waals surface area (Å²) in [5, 5.41) is 17.3. The van der Waals surface area contributed by atoms with Gasteiger partial charge < -0.3 is 20.7 Å². The third-order valence-electron chi connectivity index (χ3n) is 2.11. The minimum absolute atomic E-state index is 0.0660. The van der Waals surface area contributed by atoms with Crippen LogP contribution in [0, 0.1) is 5.41 Å². The number of aldehydes is 1. The summed E-state index contributed by atoms with van der Waals surface area (Å²) in [6.45, 7) is 2.16. The summed E-state index contributed by atoms with van der Waals surface area (Å²) in [6.07, 6.45) is -0.0660. The Morgan fingerprint density at radius 3 is 1.69 bits per heavy atom. The first kappa shape index (κ1) is 11.6. The maximum atomic E-state index is 10.6. The number of carboxylic acids is 2. The molecule has 0 radical (unpaired) electrons. The first-order valence-electron chi connectivity index (χ1n) is 3.42. The Labute approximate surface area is 74.3 Å². The van der Waals surface area contributed by atoms with Gasteiger partial charge in [-0.1, -0.05) is 0 Å². The van der Waals surface area contributed by atoms with Gasteiger partial charge in [0.2, 0.25) is 0 Å². The predicted octanol–water partition coefficient (Wildman–Crippen LogP) is -0.922. The van der Waals surface area contributed by atoms with Crippen LogP contribution in [0.4, 0.5) is 0 Å². The topological polar surface area (TPSA) is 118 Å². The van der Waals surface area contributed by atoms with Crippen LogP contribution in [0.15, 0.2) is 0 Å². The molecule has 0 spiro atoms. The number of carbonyl (C=O) groups excluding carboxylic acids is 1. The van der Waals surface area contributed by atoms with Crippen LogP contribution < -0.4 is 5.73 Å². The number of nitrogens with two attached hydrogens (primary N) is 1. The molecule has 6 nitrogen and oxygen atoms in total. The molecule has 0 aliphatic rings. The zero-order valence-electron chi connectivity index (χ0n) is 7.27. The molecule has 6 heteroatoms. The normalized spacial score (nSPS) is 15.9. The van der Waals surface area contributed by atoms with Gasteiger partial charge in [0, 0.05) is 0 Å². The van der Waals surface area contributed by atoms with Gasteiger partial charge in [0.25, 0.3) is 0 Å². The van der Waals surface area contributed by atoms with Crippen molar-refractivity contribution in [2.75, 3.05) is 0 Å². The molecule has 1 atom stereocenters. The SMILES string of the molecule is CC(C)(C(=O)O)C(N)(C=O)C(=O)O. The zero-order chi connectivity index (χ0) is 10.9. The van der Waals surface area contributed by atoms with Crippen LogP contribution in [0.2, 0.25) is 0 Å². The summed E-state index contributed by atoms with van der Waals surface area (Å²) < 4.78 is 0. The Morgan fingerprint density at radius 1 is 1.23 bits per heavy atom. The lowest BCUT2D eigenvalue weighted by Crippen LogP contribution is -2.63. The highest BCUT2D eigenvalue weighted by molar-refractivity contribution is 6.03. The fourth-order valence-electron chi connectivity index (χ4n) is 0.642. The fraction of sp³-hybridized carbons (Fsp3) is 0.571. The number of carboxylic acid groups (broad SMARTS) is 2. The van der Waals surface area contributed by atoms with Crippen LogP contribution >= 0.6 is 0 Å². The molecule has 0 heterocycles. The van der Waals surface area contributed by atoms with Gasteiger partial charge in [-0.15, -0.1) is 0 Å². The lowest BCUT2D eigenvalue weighted by atomic mass is 9.73. The standard InChI is InChI=1S/C7H11NO5/c1-6(2,4(10)11)7(8,3-9)5(12)13/h3H,8H2,1-2H3,(H,10,11)(H,12,13). The van der Waals surface area contributed by atoms with E-state index in [0.717, 1.165) is 13.8 Å². The Morgan fingerprint density at radius 2 is 1.62 bits per heavy atom. The van der Waals surface area contributed by atoms with Crippen molar-refractivity contribution < 1.29 is 24.6 Å². The zero-order valence-corrected chi connectivity index (χ0v) is 7.27. The molecule has 0 aromatic rings. The molecule has 0 amide bonds. The summed E-state index contributed by atoms with van der Waals surface area (Å²) in [5.74, 6) is -3.10. The van der Waals surface area contributed by atoms with Gasteiger partial charge in [-0.25, -0.2) is 4.79 Å². The van der Waals surface area contributed by atoms with Crippen molar-refractivity contribution >= 4 is 18.2 Å². The van der Waals surface area contributed by atoms with Gasteiger partial charge in [0.1, 0.15) is 0 Å². The van der Waals surface area contributed by atoms with E-state index in [1.54, 1.807) is 0 Å². The molecular weight excluding hydrogens is 178 g/mol. The van der Waals surface area contributed by atoms with Crippen LogP contribution in [-0.4, -0.2) is 34.0 Å². The van der Waals surface area contributed by atoms with Crippen LogP contribution in [0.3, 0.4) is 0 Å².